The van der Waals surface area contributed by atoms with Gasteiger partial charge in [0, 0.05) is 24.8 Å². The normalized spacial score (nSPS) is 14.1. The van der Waals surface area contributed by atoms with Gasteiger partial charge in [-0.15, -0.1) is 0 Å². The molecule has 0 saturated heterocycles. The zero-order chi connectivity index (χ0) is 15.0. The van der Waals surface area contributed by atoms with E-state index in [1.54, 1.807) is 0 Å². The van der Waals surface area contributed by atoms with Crippen LogP contribution in [0.5, 0.6) is 0 Å². The lowest BCUT2D eigenvalue weighted by molar-refractivity contribution is 1.02. The number of hydrogen-bond donors (Lipinski definition) is 0. The van der Waals surface area contributed by atoms with Gasteiger partial charge in [0.25, 0.3) is 0 Å². The topological polar surface area (TPSA) is 3.24 Å². The van der Waals surface area contributed by atoms with E-state index in [0.29, 0.717) is 0 Å². The molecule has 1 aliphatic rings. The van der Waals surface area contributed by atoms with Gasteiger partial charge in [-0.1, -0.05) is 54.1 Å². The Morgan fingerprint density at radius 3 is 2.48 bits per heavy atom. The molecule has 106 valence electrons. The molecule has 1 heterocycles. The molecule has 0 saturated carbocycles. The fourth-order valence-corrected chi connectivity index (χ4v) is 3.11. The number of allylic oxidation sites excluding steroid dienone is 2. The third-order valence-corrected chi connectivity index (χ3v) is 4.08. The zero-order valence-corrected chi connectivity index (χ0v) is 13.0. The van der Waals surface area contributed by atoms with Crippen LogP contribution in [0.1, 0.15) is 23.6 Å². The largest absolute Gasteiger partial charge is 0.370 e. The third kappa shape index (κ3) is 2.40. The predicted molar refractivity (Wildman–Crippen MR) is 92.5 cm³/mol. The Hall–Kier alpha value is -2.28. The van der Waals surface area contributed by atoms with Crippen LogP contribution in [0.15, 0.2) is 60.7 Å². The van der Waals surface area contributed by atoms with Gasteiger partial charge in [-0.3, -0.25) is 0 Å². The molecule has 0 unspecified atom stereocenters. The summed E-state index contributed by atoms with van der Waals surface area (Å²) < 4.78 is 0. The Kier molecular flexibility index (Phi) is 3.42. The van der Waals surface area contributed by atoms with Crippen LogP contribution in [0.3, 0.4) is 0 Å². The summed E-state index contributed by atoms with van der Waals surface area (Å²) in [6.07, 6.45) is 0. The standard InChI is InChI=1S/C20H21N/c1-14(2)20-17-12-15(3)10-11-19(17)21(4)13-18(20)16-8-6-5-7-9-16/h5-12H,1,13H2,2-4H3. The highest BCUT2D eigenvalue weighted by atomic mass is 15.1. The van der Waals surface area contributed by atoms with E-state index in [4.69, 9.17) is 0 Å². The lowest BCUT2D eigenvalue weighted by Crippen LogP contribution is -2.25. The van der Waals surface area contributed by atoms with Gasteiger partial charge in [0.05, 0.1) is 0 Å². The Bertz CT molecular complexity index is 723. The number of nitrogens with zero attached hydrogens (tertiary/aromatic N) is 1. The fraction of sp³-hybridized carbons (Fsp3) is 0.200. The second kappa shape index (κ2) is 5.25. The number of aryl methyl sites for hydroxylation is 1. The molecule has 0 spiro atoms. The van der Waals surface area contributed by atoms with Gasteiger partial charge < -0.3 is 4.90 Å². The van der Waals surface area contributed by atoms with Crippen LogP contribution in [-0.4, -0.2) is 13.6 Å². The van der Waals surface area contributed by atoms with Crippen molar-refractivity contribution < 1.29 is 0 Å². The molecule has 0 amide bonds. The fourth-order valence-electron chi connectivity index (χ4n) is 3.11. The first-order chi connectivity index (χ1) is 10.1. The molecule has 21 heavy (non-hydrogen) atoms. The SMILES string of the molecule is C=C(C)C1=C(c2ccccc2)CN(C)c2ccc(C)cc21. The van der Waals surface area contributed by atoms with Crippen molar-refractivity contribution in [3.8, 4) is 0 Å². The van der Waals surface area contributed by atoms with Crippen LogP contribution in [0.4, 0.5) is 5.69 Å². The van der Waals surface area contributed by atoms with Crippen LogP contribution >= 0.6 is 0 Å². The van der Waals surface area contributed by atoms with Crippen LogP contribution in [0.25, 0.3) is 11.1 Å². The first kappa shape index (κ1) is 13.7. The lowest BCUT2D eigenvalue weighted by atomic mass is 9.85. The molecule has 0 N–H and O–H groups in total. The summed E-state index contributed by atoms with van der Waals surface area (Å²) in [5.74, 6) is 0. The van der Waals surface area contributed by atoms with Crippen molar-refractivity contribution >= 4 is 16.8 Å². The van der Waals surface area contributed by atoms with Gasteiger partial charge in [0.1, 0.15) is 0 Å². The maximum atomic E-state index is 4.23. The molecule has 0 bridgehead atoms. The molecule has 1 aliphatic heterocycles. The Morgan fingerprint density at radius 1 is 1.10 bits per heavy atom. The molecule has 3 rings (SSSR count). The molecule has 0 radical (unpaired) electrons. The number of likely N-dealkylation sites (N-methyl/N-ethyl adjacent to an activating group) is 1. The maximum absolute atomic E-state index is 4.23. The van der Waals surface area contributed by atoms with Gasteiger partial charge >= 0.3 is 0 Å². The molecule has 2 aromatic rings. The van der Waals surface area contributed by atoms with Gasteiger partial charge in [-0.2, -0.15) is 0 Å². The number of rotatable bonds is 2. The van der Waals surface area contributed by atoms with E-state index in [9.17, 15) is 0 Å². The maximum Gasteiger partial charge on any atom is 0.0446 e. The van der Waals surface area contributed by atoms with E-state index in [-0.39, 0.29) is 0 Å². The second-order valence-corrected chi connectivity index (χ2v) is 5.88. The highest BCUT2D eigenvalue weighted by molar-refractivity contribution is 6.04. The molecular formula is C20H21N. The molecule has 0 aliphatic carbocycles. The summed E-state index contributed by atoms with van der Waals surface area (Å²) in [5.41, 5.74) is 8.97. The van der Waals surface area contributed by atoms with E-state index >= 15 is 0 Å². The Balaban J connectivity index is 2.29. The highest BCUT2D eigenvalue weighted by Crippen LogP contribution is 2.41. The van der Waals surface area contributed by atoms with Crippen molar-refractivity contribution in [1.82, 2.24) is 0 Å². The van der Waals surface area contributed by atoms with Crippen molar-refractivity contribution in [3.63, 3.8) is 0 Å². The Labute approximate surface area is 127 Å². The first-order valence-electron chi connectivity index (χ1n) is 7.34. The van der Waals surface area contributed by atoms with Gasteiger partial charge in [-0.25, -0.2) is 0 Å². The van der Waals surface area contributed by atoms with Crippen molar-refractivity contribution in [3.05, 3.63) is 77.4 Å². The summed E-state index contributed by atoms with van der Waals surface area (Å²) in [6, 6.07) is 17.3. The minimum absolute atomic E-state index is 0.919. The number of benzene rings is 2. The van der Waals surface area contributed by atoms with E-state index in [2.05, 4.69) is 80.9 Å². The van der Waals surface area contributed by atoms with Crippen LogP contribution in [0, 0.1) is 6.92 Å². The smallest absolute Gasteiger partial charge is 0.0446 e. The Morgan fingerprint density at radius 2 is 1.81 bits per heavy atom. The van der Waals surface area contributed by atoms with E-state index < -0.39 is 0 Å². The number of hydrogen-bond acceptors (Lipinski definition) is 1. The number of fused-ring (bicyclic) bond motifs is 1. The zero-order valence-electron chi connectivity index (χ0n) is 13.0. The average molecular weight is 275 g/mol. The molecule has 2 aromatic carbocycles. The highest BCUT2D eigenvalue weighted by Gasteiger charge is 2.23. The minimum atomic E-state index is 0.919. The molecule has 1 nitrogen and oxygen atoms in total. The molecule has 0 aromatic heterocycles. The van der Waals surface area contributed by atoms with Crippen LogP contribution in [0.2, 0.25) is 0 Å². The van der Waals surface area contributed by atoms with Gasteiger partial charge in [0.15, 0.2) is 0 Å². The summed E-state index contributed by atoms with van der Waals surface area (Å²) in [5, 5.41) is 0. The molecule has 0 fully saturated rings. The monoisotopic (exact) mass is 275 g/mol. The molecule has 0 atom stereocenters. The minimum Gasteiger partial charge on any atom is -0.370 e. The summed E-state index contributed by atoms with van der Waals surface area (Å²) in [7, 11) is 2.16. The first-order valence-corrected chi connectivity index (χ1v) is 7.34. The summed E-state index contributed by atoms with van der Waals surface area (Å²) in [6.45, 7) is 9.40. The molecular weight excluding hydrogens is 254 g/mol. The summed E-state index contributed by atoms with van der Waals surface area (Å²) >= 11 is 0. The quantitative estimate of drug-likeness (QED) is 0.751. The van der Waals surface area contributed by atoms with Crippen molar-refractivity contribution in [2.75, 3.05) is 18.5 Å². The van der Waals surface area contributed by atoms with Crippen molar-refractivity contribution in [2.45, 2.75) is 13.8 Å². The van der Waals surface area contributed by atoms with Crippen LogP contribution in [-0.2, 0) is 0 Å². The average Bonchev–Trinajstić information content (AvgIpc) is 2.47. The van der Waals surface area contributed by atoms with Crippen molar-refractivity contribution in [1.29, 1.82) is 0 Å². The summed E-state index contributed by atoms with van der Waals surface area (Å²) in [4.78, 5) is 2.32. The third-order valence-electron chi connectivity index (χ3n) is 4.08. The van der Waals surface area contributed by atoms with E-state index in [1.165, 1.54) is 33.5 Å². The predicted octanol–water partition coefficient (Wildman–Crippen LogP) is 4.93. The van der Waals surface area contributed by atoms with E-state index in [1.807, 2.05) is 0 Å². The second-order valence-electron chi connectivity index (χ2n) is 5.88. The number of anilines is 1. The lowest BCUT2D eigenvalue weighted by Gasteiger charge is -2.32. The van der Waals surface area contributed by atoms with Crippen LogP contribution < -0.4 is 4.90 Å². The van der Waals surface area contributed by atoms with Gasteiger partial charge in [0.2, 0.25) is 0 Å². The molecule has 1 heteroatoms. The van der Waals surface area contributed by atoms with E-state index in [0.717, 1.165) is 12.1 Å². The van der Waals surface area contributed by atoms with Gasteiger partial charge in [-0.05, 0) is 42.7 Å². The van der Waals surface area contributed by atoms with Crippen molar-refractivity contribution in [2.24, 2.45) is 0 Å².